The topological polar surface area (TPSA) is 71.8 Å². The van der Waals surface area contributed by atoms with E-state index < -0.39 is 23.5 Å². The number of ether oxygens (including phenoxy) is 3. The number of hydrogen-bond acceptors (Lipinski definition) is 5. The molecular formula is C19H24Cl2N2O4. The first kappa shape index (κ1) is 21.6. The molecule has 0 aromatic heterocycles. The SMILES string of the molecule is C[C@H]1OC(C)(C)N(C(=O)OC(C)(C)C)[C@H]1COc1c(Cl)cc(C#N)cc1Cl. The number of nitriles is 1. The van der Waals surface area contributed by atoms with Crippen LogP contribution in [-0.4, -0.2) is 41.1 Å². The van der Waals surface area contributed by atoms with Crippen LogP contribution in [0.1, 0.15) is 47.1 Å². The van der Waals surface area contributed by atoms with Gasteiger partial charge in [-0.05, 0) is 53.7 Å². The predicted octanol–water partition coefficient (Wildman–Crippen LogP) is 5.00. The smallest absolute Gasteiger partial charge is 0.413 e. The lowest BCUT2D eigenvalue weighted by atomic mass is 10.1. The summed E-state index contributed by atoms with van der Waals surface area (Å²) in [6.45, 7) is 11.0. The lowest BCUT2D eigenvalue weighted by Gasteiger charge is -2.35. The minimum atomic E-state index is -0.853. The van der Waals surface area contributed by atoms with Crippen LogP contribution in [0.5, 0.6) is 5.75 Å². The van der Waals surface area contributed by atoms with Gasteiger partial charge in [0.15, 0.2) is 5.75 Å². The van der Waals surface area contributed by atoms with Crippen molar-refractivity contribution in [1.29, 1.82) is 5.26 Å². The summed E-state index contributed by atoms with van der Waals surface area (Å²) in [5, 5.41) is 9.44. The van der Waals surface area contributed by atoms with Gasteiger partial charge < -0.3 is 14.2 Å². The van der Waals surface area contributed by atoms with Gasteiger partial charge in [0, 0.05) is 0 Å². The van der Waals surface area contributed by atoms with Crippen molar-refractivity contribution in [1.82, 2.24) is 4.90 Å². The average molecular weight is 415 g/mol. The number of amides is 1. The van der Waals surface area contributed by atoms with E-state index >= 15 is 0 Å². The highest BCUT2D eigenvalue weighted by molar-refractivity contribution is 6.37. The van der Waals surface area contributed by atoms with Crippen molar-refractivity contribution in [3.8, 4) is 11.8 Å². The zero-order valence-electron chi connectivity index (χ0n) is 16.3. The van der Waals surface area contributed by atoms with Crippen molar-refractivity contribution in [3.05, 3.63) is 27.7 Å². The maximum absolute atomic E-state index is 12.7. The van der Waals surface area contributed by atoms with Crippen LogP contribution in [-0.2, 0) is 9.47 Å². The van der Waals surface area contributed by atoms with Gasteiger partial charge in [0.05, 0.1) is 33.8 Å². The van der Waals surface area contributed by atoms with Crippen molar-refractivity contribution in [2.24, 2.45) is 0 Å². The fourth-order valence-electron chi connectivity index (χ4n) is 3.01. The van der Waals surface area contributed by atoms with E-state index in [1.807, 2.05) is 13.0 Å². The first-order chi connectivity index (χ1) is 12.4. The summed E-state index contributed by atoms with van der Waals surface area (Å²) in [5.74, 6) is 0.262. The molecule has 1 saturated heterocycles. The molecule has 0 saturated carbocycles. The normalized spacial score (nSPS) is 21.7. The Bertz CT molecular complexity index is 745. The third-order valence-corrected chi connectivity index (χ3v) is 4.61. The molecule has 0 unspecified atom stereocenters. The van der Waals surface area contributed by atoms with E-state index in [0.29, 0.717) is 5.56 Å². The van der Waals surface area contributed by atoms with Crippen molar-refractivity contribution in [2.75, 3.05) is 6.61 Å². The van der Waals surface area contributed by atoms with Crippen molar-refractivity contribution in [2.45, 2.75) is 65.0 Å². The van der Waals surface area contributed by atoms with Gasteiger partial charge in [-0.15, -0.1) is 0 Å². The lowest BCUT2D eigenvalue weighted by Crippen LogP contribution is -2.52. The van der Waals surface area contributed by atoms with Crippen molar-refractivity contribution >= 4 is 29.3 Å². The van der Waals surface area contributed by atoms with Crippen LogP contribution in [0.4, 0.5) is 4.79 Å². The quantitative estimate of drug-likeness (QED) is 0.695. The molecule has 2 atom stereocenters. The molecule has 8 heteroatoms. The monoisotopic (exact) mass is 414 g/mol. The van der Waals surface area contributed by atoms with Gasteiger partial charge in [-0.1, -0.05) is 23.2 Å². The second kappa shape index (κ2) is 7.75. The molecule has 1 amide bonds. The Balaban J connectivity index is 2.23. The van der Waals surface area contributed by atoms with Crippen LogP contribution in [0.25, 0.3) is 0 Å². The van der Waals surface area contributed by atoms with Crippen LogP contribution in [0.15, 0.2) is 12.1 Å². The molecule has 0 radical (unpaired) electrons. The molecule has 0 spiro atoms. The third kappa shape index (κ3) is 4.98. The molecule has 0 N–H and O–H groups in total. The molecule has 1 heterocycles. The van der Waals surface area contributed by atoms with E-state index in [4.69, 9.17) is 42.7 Å². The highest BCUT2D eigenvalue weighted by atomic mass is 35.5. The molecule has 148 valence electrons. The summed E-state index contributed by atoms with van der Waals surface area (Å²) >= 11 is 12.4. The van der Waals surface area contributed by atoms with Gasteiger partial charge in [-0.3, -0.25) is 4.90 Å². The molecule has 0 bridgehead atoms. The minimum absolute atomic E-state index is 0.106. The van der Waals surface area contributed by atoms with E-state index in [-0.39, 0.29) is 28.5 Å². The molecule has 1 aliphatic heterocycles. The maximum atomic E-state index is 12.7. The largest absolute Gasteiger partial charge is 0.488 e. The van der Waals surface area contributed by atoms with Gasteiger partial charge in [-0.2, -0.15) is 5.26 Å². The Morgan fingerprint density at radius 2 is 1.89 bits per heavy atom. The zero-order valence-corrected chi connectivity index (χ0v) is 17.8. The lowest BCUT2D eigenvalue weighted by molar-refractivity contribution is -0.0760. The van der Waals surface area contributed by atoms with Gasteiger partial charge >= 0.3 is 6.09 Å². The van der Waals surface area contributed by atoms with Gasteiger partial charge in [0.1, 0.15) is 17.9 Å². The van der Waals surface area contributed by atoms with Crippen molar-refractivity contribution in [3.63, 3.8) is 0 Å². The second-order valence-corrected chi connectivity index (χ2v) is 8.69. The summed E-state index contributed by atoms with van der Waals surface area (Å²) in [6.07, 6.45) is -0.772. The number of rotatable bonds is 3. The number of benzene rings is 1. The van der Waals surface area contributed by atoms with Gasteiger partial charge in [-0.25, -0.2) is 4.79 Å². The minimum Gasteiger partial charge on any atom is -0.488 e. The molecule has 1 aliphatic rings. The fourth-order valence-corrected chi connectivity index (χ4v) is 3.60. The molecule has 1 aromatic carbocycles. The standard InChI is InChI=1S/C19H24Cl2N2O4/c1-11-15(10-25-16-13(20)7-12(9-22)8-14(16)21)23(19(5,6)26-11)17(24)27-18(2,3)4/h7-8,11,15H,10H2,1-6H3/t11-,15+/m1/s1. The molecular weight excluding hydrogens is 391 g/mol. The van der Waals surface area contributed by atoms with Crippen molar-refractivity contribution < 1.29 is 19.0 Å². The molecule has 6 nitrogen and oxygen atoms in total. The van der Waals surface area contributed by atoms with E-state index in [9.17, 15) is 4.79 Å². The molecule has 0 aliphatic carbocycles. The number of halogens is 2. The number of hydrogen-bond donors (Lipinski definition) is 0. The highest BCUT2D eigenvalue weighted by Crippen LogP contribution is 2.37. The summed E-state index contributed by atoms with van der Waals surface area (Å²) in [4.78, 5) is 14.3. The number of nitrogens with zero attached hydrogens (tertiary/aromatic N) is 2. The first-order valence-electron chi connectivity index (χ1n) is 8.58. The second-order valence-electron chi connectivity index (χ2n) is 7.88. The van der Waals surface area contributed by atoms with E-state index in [2.05, 4.69) is 0 Å². The fraction of sp³-hybridized carbons (Fsp3) is 0.579. The van der Waals surface area contributed by atoms with Crippen LogP contribution >= 0.6 is 23.2 Å². The molecule has 1 aromatic rings. The van der Waals surface area contributed by atoms with Gasteiger partial charge in [0.25, 0.3) is 0 Å². The number of carbonyl (C=O) groups excluding carboxylic acids is 1. The van der Waals surface area contributed by atoms with Crippen LogP contribution in [0.2, 0.25) is 10.0 Å². The zero-order chi connectivity index (χ0) is 20.6. The van der Waals surface area contributed by atoms with E-state index in [0.717, 1.165) is 0 Å². The van der Waals surface area contributed by atoms with E-state index in [1.165, 1.54) is 17.0 Å². The third-order valence-electron chi connectivity index (χ3n) is 4.04. The average Bonchev–Trinajstić information content (AvgIpc) is 2.72. The molecule has 2 rings (SSSR count). The maximum Gasteiger partial charge on any atom is 0.413 e. The predicted molar refractivity (Wildman–Crippen MR) is 103 cm³/mol. The summed E-state index contributed by atoms with van der Waals surface area (Å²) in [7, 11) is 0. The van der Waals surface area contributed by atoms with Crippen LogP contribution in [0.3, 0.4) is 0 Å². The summed E-state index contributed by atoms with van der Waals surface area (Å²) in [5.41, 5.74) is -1.15. The van der Waals surface area contributed by atoms with E-state index in [1.54, 1.807) is 34.6 Å². The van der Waals surface area contributed by atoms with Crippen LogP contribution < -0.4 is 4.74 Å². The Morgan fingerprint density at radius 1 is 1.33 bits per heavy atom. The molecule has 1 fully saturated rings. The molecule has 27 heavy (non-hydrogen) atoms. The Labute approximate surface area is 169 Å². The summed E-state index contributed by atoms with van der Waals surface area (Å²) < 4.78 is 17.3. The van der Waals surface area contributed by atoms with Gasteiger partial charge in [0.2, 0.25) is 0 Å². The summed E-state index contributed by atoms with van der Waals surface area (Å²) in [6, 6.07) is 4.53. The Morgan fingerprint density at radius 3 is 2.37 bits per heavy atom. The first-order valence-corrected chi connectivity index (χ1v) is 9.33. The van der Waals surface area contributed by atoms with Crippen LogP contribution in [0, 0.1) is 11.3 Å². The highest BCUT2D eigenvalue weighted by Gasteiger charge is 2.50. The Hall–Kier alpha value is -1.68. The number of carbonyl (C=O) groups is 1. The Kier molecular flexibility index (Phi) is 6.20.